The third-order valence-electron chi connectivity index (χ3n) is 6.50. The Morgan fingerprint density at radius 3 is 2.21 bits per heavy atom. The van der Waals surface area contributed by atoms with E-state index in [1.54, 1.807) is 6.07 Å². The molecule has 3 aromatic rings. The molecule has 42 heavy (non-hydrogen) atoms. The Morgan fingerprint density at radius 2 is 1.69 bits per heavy atom. The van der Waals surface area contributed by atoms with E-state index < -0.39 is 59.2 Å². The van der Waals surface area contributed by atoms with Gasteiger partial charge >= 0.3 is 12.2 Å². The second kappa shape index (κ2) is 10.3. The Hall–Kier alpha value is -4.60. The highest BCUT2D eigenvalue weighted by Crippen LogP contribution is 2.45. The Bertz CT molecular complexity index is 1970. The molecule has 2 aromatic carbocycles. The van der Waals surface area contributed by atoms with E-state index in [-0.39, 0.29) is 38.3 Å². The number of hydrogen-bond donors (Lipinski definition) is 0. The molecule has 0 saturated heterocycles. The molecule has 1 aliphatic rings. The third-order valence-corrected chi connectivity index (χ3v) is 9.50. The summed E-state index contributed by atoms with van der Waals surface area (Å²) in [6.07, 6.45) is -4.00. The molecule has 1 aliphatic heterocycles. The van der Waals surface area contributed by atoms with E-state index in [0.717, 1.165) is 42.7 Å². The molecule has 1 aromatic heterocycles. The highest BCUT2D eigenvalue weighted by molar-refractivity contribution is 7.91. The standard InChI is InChI=1S/C27H21F3N4O6S2/c1-15-11-22(17(3)40-15)42(38,39)34-25(21-10-9-18(14-31)12-23(21)41(5,36)37)24(32-4)16(2)33(26(34)35)20-8-6-7-19(13-20)27(28,29)30/h6-13,25H,1-3,5H3/t25-/m1/s1. The number of hydrogen-bond acceptors (Lipinski definition) is 7. The monoisotopic (exact) mass is 618 g/mol. The number of benzene rings is 2. The molecule has 0 unspecified atom stereocenters. The van der Waals surface area contributed by atoms with E-state index in [0.29, 0.717) is 11.0 Å². The number of amides is 2. The largest absolute Gasteiger partial charge is 0.465 e. The van der Waals surface area contributed by atoms with Crippen molar-refractivity contribution in [1.29, 1.82) is 5.26 Å². The molecular weight excluding hydrogens is 597 g/mol. The molecule has 0 fully saturated rings. The van der Waals surface area contributed by atoms with Gasteiger partial charge in [-0.25, -0.2) is 30.8 Å². The zero-order valence-electron chi connectivity index (χ0n) is 22.4. The highest BCUT2D eigenvalue weighted by Gasteiger charge is 2.49. The number of halogens is 3. The van der Waals surface area contributed by atoms with Crippen LogP contribution in [0.4, 0.5) is 23.7 Å². The van der Waals surface area contributed by atoms with E-state index in [1.807, 2.05) is 0 Å². The van der Waals surface area contributed by atoms with Gasteiger partial charge in [-0.15, -0.1) is 0 Å². The first-order valence-corrected chi connectivity index (χ1v) is 15.2. The summed E-state index contributed by atoms with van der Waals surface area (Å²) >= 11 is 0. The third kappa shape index (κ3) is 5.13. The first kappa shape index (κ1) is 30.4. The van der Waals surface area contributed by atoms with Crippen molar-refractivity contribution in [2.75, 3.05) is 11.2 Å². The molecule has 0 N–H and O–H groups in total. The number of nitriles is 1. The number of allylic oxidation sites excluding steroid dienone is 1. The van der Waals surface area contributed by atoms with Crippen LogP contribution in [0.25, 0.3) is 4.85 Å². The molecule has 4 rings (SSSR count). The number of sulfone groups is 1. The van der Waals surface area contributed by atoms with Crippen LogP contribution >= 0.6 is 0 Å². The van der Waals surface area contributed by atoms with Gasteiger partial charge in [-0.3, -0.25) is 4.90 Å². The molecule has 0 bridgehead atoms. The lowest BCUT2D eigenvalue weighted by Gasteiger charge is -2.41. The smallest absolute Gasteiger partial charge is 0.416 e. The second-order valence-electron chi connectivity index (χ2n) is 9.37. The van der Waals surface area contributed by atoms with Crippen LogP contribution in [-0.4, -0.2) is 33.4 Å². The molecule has 218 valence electrons. The molecule has 0 radical (unpaired) electrons. The van der Waals surface area contributed by atoms with Crippen molar-refractivity contribution in [3.05, 3.63) is 99.6 Å². The van der Waals surface area contributed by atoms with Gasteiger partial charge in [0.2, 0.25) is 5.70 Å². The molecule has 10 nitrogen and oxygen atoms in total. The van der Waals surface area contributed by atoms with Crippen molar-refractivity contribution in [1.82, 2.24) is 4.31 Å². The fourth-order valence-electron chi connectivity index (χ4n) is 4.68. The Kier molecular flexibility index (Phi) is 7.48. The minimum atomic E-state index is -4.95. The van der Waals surface area contributed by atoms with Crippen LogP contribution in [0, 0.1) is 31.8 Å². The number of furan rings is 1. The van der Waals surface area contributed by atoms with Gasteiger partial charge in [0.25, 0.3) is 10.0 Å². The Balaban J connectivity index is 2.13. The van der Waals surface area contributed by atoms with Crippen molar-refractivity contribution in [3.8, 4) is 6.07 Å². The number of carbonyl (C=O) groups excluding carboxylic acids is 1. The average Bonchev–Trinajstić information content (AvgIpc) is 3.25. The van der Waals surface area contributed by atoms with Crippen LogP contribution in [0.5, 0.6) is 0 Å². The van der Waals surface area contributed by atoms with E-state index >= 15 is 0 Å². The van der Waals surface area contributed by atoms with Gasteiger partial charge in [0.05, 0.1) is 28.7 Å². The number of aryl methyl sites for hydroxylation is 2. The molecular formula is C27H21F3N4O6S2. The SMILES string of the molecule is [C-]#[N+]C1=C(C)N(c2cccc(C(F)(F)F)c2)C(=O)N(S(=O)(=O)c2cc(C)oc2C)[C@@H]1c1ccc(C#N)cc1S(C)(=O)=O. The topological polar surface area (TPSA) is 133 Å². The van der Waals surface area contributed by atoms with Crippen LogP contribution in [0.15, 0.2) is 74.1 Å². The van der Waals surface area contributed by atoms with Crippen molar-refractivity contribution >= 4 is 31.6 Å². The lowest BCUT2D eigenvalue weighted by molar-refractivity contribution is -0.137. The summed E-state index contributed by atoms with van der Waals surface area (Å²) in [7, 11) is -9.13. The molecule has 2 heterocycles. The number of alkyl halides is 3. The molecule has 1 atom stereocenters. The van der Waals surface area contributed by atoms with Crippen LogP contribution in [0.3, 0.4) is 0 Å². The summed E-state index contributed by atoms with van der Waals surface area (Å²) in [5.41, 5.74) is -2.59. The number of urea groups is 1. The molecule has 0 aliphatic carbocycles. The van der Waals surface area contributed by atoms with Crippen LogP contribution in [0.2, 0.25) is 0 Å². The van der Waals surface area contributed by atoms with Crippen LogP contribution < -0.4 is 4.90 Å². The normalized spacial score (nSPS) is 16.4. The van der Waals surface area contributed by atoms with Crippen molar-refractivity contribution in [3.63, 3.8) is 0 Å². The number of nitrogens with zero attached hydrogens (tertiary/aromatic N) is 4. The fraction of sp³-hybridized carbons (Fsp3) is 0.222. The predicted molar refractivity (Wildman–Crippen MR) is 143 cm³/mol. The molecule has 2 amide bonds. The molecule has 0 spiro atoms. The molecule has 0 saturated carbocycles. The van der Waals surface area contributed by atoms with E-state index in [2.05, 4.69) is 4.85 Å². The maximum Gasteiger partial charge on any atom is 0.416 e. The van der Waals surface area contributed by atoms with Crippen LogP contribution in [-0.2, 0) is 26.0 Å². The number of carbonyl (C=O) groups is 1. The van der Waals surface area contributed by atoms with Gasteiger partial charge in [0.15, 0.2) is 9.84 Å². The van der Waals surface area contributed by atoms with Gasteiger partial charge in [-0.2, -0.15) is 18.4 Å². The summed E-state index contributed by atoms with van der Waals surface area (Å²) in [6.45, 7) is 11.9. The Morgan fingerprint density at radius 1 is 1.02 bits per heavy atom. The lowest BCUT2D eigenvalue weighted by Crippen LogP contribution is -2.52. The highest BCUT2D eigenvalue weighted by atomic mass is 32.2. The fourth-order valence-corrected chi connectivity index (χ4v) is 7.34. The number of rotatable bonds is 5. The molecule has 15 heteroatoms. The average molecular weight is 619 g/mol. The van der Waals surface area contributed by atoms with Gasteiger partial charge in [0.1, 0.15) is 22.5 Å². The number of sulfonamides is 1. The predicted octanol–water partition coefficient (Wildman–Crippen LogP) is 5.71. The van der Waals surface area contributed by atoms with Crippen molar-refractivity contribution in [2.45, 2.75) is 42.8 Å². The summed E-state index contributed by atoms with van der Waals surface area (Å²) in [5.74, 6) is 0.0395. The first-order valence-electron chi connectivity index (χ1n) is 11.9. The summed E-state index contributed by atoms with van der Waals surface area (Å²) in [6, 6.07) is 6.54. The van der Waals surface area contributed by atoms with E-state index in [4.69, 9.17) is 11.0 Å². The van der Waals surface area contributed by atoms with Crippen molar-refractivity contribution in [2.24, 2.45) is 0 Å². The number of anilines is 1. The zero-order chi connectivity index (χ0) is 31.4. The lowest BCUT2D eigenvalue weighted by atomic mass is 9.98. The minimum Gasteiger partial charge on any atom is -0.465 e. The minimum absolute atomic E-state index is 0.0901. The first-order chi connectivity index (χ1) is 19.4. The summed E-state index contributed by atoms with van der Waals surface area (Å²) in [5, 5.41) is 9.35. The van der Waals surface area contributed by atoms with Gasteiger partial charge in [-0.05, 0) is 56.7 Å². The van der Waals surface area contributed by atoms with E-state index in [1.165, 1.54) is 26.8 Å². The van der Waals surface area contributed by atoms with Gasteiger partial charge in [0, 0.05) is 23.7 Å². The summed E-state index contributed by atoms with van der Waals surface area (Å²) in [4.78, 5) is 17.3. The van der Waals surface area contributed by atoms with Crippen LogP contribution in [0.1, 0.15) is 41.2 Å². The van der Waals surface area contributed by atoms with Gasteiger partial charge < -0.3 is 4.42 Å². The van der Waals surface area contributed by atoms with E-state index in [9.17, 15) is 40.1 Å². The quantitative estimate of drug-likeness (QED) is 0.334. The van der Waals surface area contributed by atoms with Gasteiger partial charge in [-0.1, -0.05) is 12.1 Å². The summed E-state index contributed by atoms with van der Waals surface area (Å²) < 4.78 is 100. The maximum atomic E-state index is 14.2. The Labute approximate surface area is 239 Å². The zero-order valence-corrected chi connectivity index (χ0v) is 24.0. The van der Waals surface area contributed by atoms with Crippen molar-refractivity contribution < 1.29 is 39.2 Å². The maximum absolute atomic E-state index is 14.2. The second-order valence-corrected chi connectivity index (χ2v) is 13.1.